The van der Waals surface area contributed by atoms with Gasteiger partial charge in [-0.15, -0.1) is 0 Å². The summed E-state index contributed by atoms with van der Waals surface area (Å²) in [7, 11) is 0. The van der Waals surface area contributed by atoms with Gasteiger partial charge in [0.15, 0.2) is 0 Å². The van der Waals surface area contributed by atoms with Crippen molar-refractivity contribution >= 4 is 29.0 Å². The van der Waals surface area contributed by atoms with Crippen LogP contribution in [-0.2, 0) is 14.3 Å². The van der Waals surface area contributed by atoms with Crippen molar-refractivity contribution < 1.29 is 18.7 Å². The lowest BCUT2D eigenvalue weighted by atomic mass is 10.00. The Balaban J connectivity index is 1.49. The van der Waals surface area contributed by atoms with Crippen LogP contribution in [0.25, 0.3) is 11.1 Å². The summed E-state index contributed by atoms with van der Waals surface area (Å²) in [5.74, 6) is -0.0709. The zero-order chi connectivity index (χ0) is 22.3. The highest BCUT2D eigenvalue weighted by atomic mass is 35.5. The number of rotatable bonds is 6. The van der Waals surface area contributed by atoms with E-state index < -0.39 is 5.82 Å². The van der Waals surface area contributed by atoms with Crippen LogP contribution in [-0.4, -0.2) is 57.0 Å². The summed E-state index contributed by atoms with van der Waals surface area (Å²) in [5.41, 5.74) is 1.64. The third-order valence-electron chi connectivity index (χ3n) is 5.80. The molecule has 32 heavy (non-hydrogen) atoms. The molecule has 2 aliphatic rings. The molecule has 2 aromatic rings. The molecule has 0 bridgehead atoms. The zero-order valence-corrected chi connectivity index (χ0v) is 18.6. The van der Waals surface area contributed by atoms with Gasteiger partial charge in [0.25, 0.3) is 0 Å². The molecule has 1 aromatic heterocycles. The second kappa shape index (κ2) is 11.0. The lowest BCUT2D eigenvalue weighted by Crippen LogP contribution is -2.33. The van der Waals surface area contributed by atoms with Crippen LogP contribution in [0.5, 0.6) is 0 Å². The Morgan fingerprint density at radius 2 is 2.03 bits per heavy atom. The number of nitrogens with one attached hydrogen (secondary N) is 3. The molecule has 1 atom stereocenters. The molecule has 0 unspecified atom stereocenters. The minimum Gasteiger partial charge on any atom is -0.385 e. The number of hydrogen-bond acceptors (Lipinski definition) is 6. The van der Waals surface area contributed by atoms with Gasteiger partial charge in [-0.05, 0) is 43.0 Å². The smallest absolute Gasteiger partial charge is 0.232 e. The molecule has 3 heterocycles. The van der Waals surface area contributed by atoms with Crippen LogP contribution in [0.2, 0.25) is 5.02 Å². The third kappa shape index (κ3) is 5.95. The van der Waals surface area contributed by atoms with Crippen LogP contribution in [0.1, 0.15) is 12.8 Å². The van der Waals surface area contributed by atoms with Gasteiger partial charge in [0.05, 0.1) is 24.2 Å². The topological polar surface area (TPSA) is 84.5 Å². The normalized spacial score (nSPS) is 19.9. The largest absolute Gasteiger partial charge is 0.385 e. The van der Waals surface area contributed by atoms with E-state index in [-0.39, 0.29) is 11.8 Å². The first-order valence-corrected chi connectivity index (χ1v) is 11.3. The first kappa shape index (κ1) is 22.9. The van der Waals surface area contributed by atoms with Crippen LogP contribution in [0.15, 0.2) is 30.5 Å². The minimum atomic E-state index is -0.395. The number of ether oxygens (including phenoxy) is 2. The summed E-state index contributed by atoms with van der Waals surface area (Å²) in [6.45, 7) is 4.53. The first-order valence-electron chi connectivity index (χ1n) is 11.0. The maximum Gasteiger partial charge on any atom is 0.232 e. The zero-order valence-electron chi connectivity index (χ0n) is 17.8. The molecule has 9 heteroatoms. The second-order valence-electron chi connectivity index (χ2n) is 8.15. The number of hydrogen-bond donors (Lipinski definition) is 3. The highest BCUT2D eigenvalue weighted by Crippen LogP contribution is 2.33. The lowest BCUT2D eigenvalue weighted by Gasteiger charge is -2.23. The molecule has 2 fully saturated rings. The number of nitrogens with zero attached hydrogens (tertiary/aromatic N) is 1. The average Bonchev–Trinajstić information content (AvgIpc) is 3.10. The number of aromatic nitrogens is 1. The molecule has 172 valence electrons. The Morgan fingerprint density at radius 1 is 1.19 bits per heavy atom. The molecule has 0 saturated carbocycles. The molecule has 7 nitrogen and oxygen atoms in total. The van der Waals surface area contributed by atoms with Crippen molar-refractivity contribution in [2.45, 2.75) is 12.8 Å². The lowest BCUT2D eigenvalue weighted by molar-refractivity contribution is -0.121. The SMILES string of the molecule is O=C(Nc1cc(-c2cc(NCC3CCOCC3)ccc2F)c(Cl)cn1)[C@@H]1CNCCOC1. The Labute approximate surface area is 192 Å². The van der Waals surface area contributed by atoms with Crippen LogP contribution in [0.3, 0.4) is 0 Å². The van der Waals surface area contributed by atoms with E-state index in [4.69, 9.17) is 21.1 Å². The van der Waals surface area contributed by atoms with Gasteiger partial charge in [-0.25, -0.2) is 9.37 Å². The van der Waals surface area contributed by atoms with E-state index >= 15 is 0 Å². The van der Waals surface area contributed by atoms with Crippen LogP contribution < -0.4 is 16.0 Å². The predicted molar refractivity (Wildman–Crippen MR) is 122 cm³/mol. The van der Waals surface area contributed by atoms with Crippen molar-refractivity contribution in [2.24, 2.45) is 11.8 Å². The van der Waals surface area contributed by atoms with Crippen molar-refractivity contribution in [3.8, 4) is 11.1 Å². The summed E-state index contributed by atoms with van der Waals surface area (Å²) in [6, 6.07) is 6.48. The molecule has 4 rings (SSSR count). The Kier molecular flexibility index (Phi) is 7.91. The average molecular weight is 463 g/mol. The minimum absolute atomic E-state index is 0.201. The van der Waals surface area contributed by atoms with Gasteiger partial charge in [-0.3, -0.25) is 4.79 Å². The number of pyridine rings is 1. The van der Waals surface area contributed by atoms with Crippen molar-refractivity contribution in [1.29, 1.82) is 0 Å². The van der Waals surface area contributed by atoms with Crippen molar-refractivity contribution in [1.82, 2.24) is 10.3 Å². The molecule has 1 aromatic carbocycles. The second-order valence-corrected chi connectivity index (χ2v) is 8.55. The molecule has 2 aliphatic heterocycles. The Morgan fingerprint density at radius 3 is 2.88 bits per heavy atom. The van der Waals surface area contributed by atoms with E-state index in [1.165, 1.54) is 12.3 Å². The molecule has 3 N–H and O–H groups in total. The fourth-order valence-electron chi connectivity index (χ4n) is 3.87. The molecule has 0 spiro atoms. The van der Waals surface area contributed by atoms with E-state index in [0.717, 1.165) is 38.3 Å². The van der Waals surface area contributed by atoms with Gasteiger partial charge in [0.1, 0.15) is 11.6 Å². The Bertz CT molecular complexity index is 931. The third-order valence-corrected chi connectivity index (χ3v) is 6.10. The van der Waals surface area contributed by atoms with Crippen molar-refractivity contribution in [3.63, 3.8) is 0 Å². The highest BCUT2D eigenvalue weighted by Gasteiger charge is 2.22. The number of halogens is 2. The molecule has 0 aliphatic carbocycles. The van der Waals surface area contributed by atoms with Gasteiger partial charge in [0.2, 0.25) is 5.91 Å². The van der Waals surface area contributed by atoms with Crippen molar-refractivity contribution in [2.75, 3.05) is 56.7 Å². The predicted octanol–water partition coefficient (Wildman–Crippen LogP) is 3.55. The molecule has 0 radical (unpaired) electrons. The first-order chi connectivity index (χ1) is 15.6. The monoisotopic (exact) mass is 462 g/mol. The van der Waals surface area contributed by atoms with Gasteiger partial charge < -0.3 is 25.4 Å². The number of anilines is 2. The molecular weight excluding hydrogens is 435 g/mol. The van der Waals surface area contributed by atoms with E-state index in [1.807, 2.05) is 0 Å². The number of amides is 1. The van der Waals surface area contributed by atoms with Gasteiger partial charge in [-0.1, -0.05) is 11.6 Å². The molecule has 2 saturated heterocycles. The summed E-state index contributed by atoms with van der Waals surface area (Å²) in [4.78, 5) is 16.8. The summed E-state index contributed by atoms with van der Waals surface area (Å²) >= 11 is 6.35. The summed E-state index contributed by atoms with van der Waals surface area (Å²) < 4.78 is 25.6. The number of carbonyl (C=O) groups is 1. The maximum atomic E-state index is 14.7. The van der Waals surface area contributed by atoms with E-state index in [0.29, 0.717) is 54.2 Å². The van der Waals surface area contributed by atoms with Crippen molar-refractivity contribution in [3.05, 3.63) is 41.3 Å². The fourth-order valence-corrected chi connectivity index (χ4v) is 4.07. The van der Waals surface area contributed by atoms with E-state index in [2.05, 4.69) is 20.9 Å². The van der Waals surface area contributed by atoms with Crippen LogP contribution in [0.4, 0.5) is 15.9 Å². The molecular formula is C23H28ClFN4O3. The standard InChI is InChI=1S/C23H28ClFN4O3/c24-20-13-28-22(29-23(30)16-12-26-5-8-32-14-16)10-18(20)19-9-17(1-2-21(19)25)27-11-15-3-6-31-7-4-15/h1-2,9-10,13,15-16,26-27H,3-8,11-12,14H2,(H,28,29,30)/t16-/m1/s1. The van der Waals surface area contributed by atoms with Gasteiger partial charge in [0, 0.05) is 55.9 Å². The quantitative estimate of drug-likeness (QED) is 0.608. The van der Waals surface area contributed by atoms with Crippen LogP contribution >= 0.6 is 11.6 Å². The number of carbonyl (C=O) groups excluding carboxylic acids is 1. The summed E-state index contributed by atoms with van der Waals surface area (Å²) in [5, 5.41) is 9.67. The van der Waals surface area contributed by atoms with Gasteiger partial charge in [-0.2, -0.15) is 0 Å². The molecule has 1 amide bonds. The van der Waals surface area contributed by atoms with E-state index in [1.54, 1.807) is 18.2 Å². The Hall–Kier alpha value is -2.26. The van der Waals surface area contributed by atoms with Crippen LogP contribution in [0, 0.1) is 17.7 Å². The van der Waals surface area contributed by atoms with E-state index in [9.17, 15) is 9.18 Å². The number of benzene rings is 1. The fraction of sp³-hybridized carbons (Fsp3) is 0.478. The summed E-state index contributed by atoms with van der Waals surface area (Å²) in [6.07, 6.45) is 3.46. The maximum absolute atomic E-state index is 14.7. The van der Waals surface area contributed by atoms with Gasteiger partial charge >= 0.3 is 0 Å². The highest BCUT2D eigenvalue weighted by molar-refractivity contribution is 6.33.